The summed E-state index contributed by atoms with van der Waals surface area (Å²) >= 11 is 0. The average Bonchev–Trinajstić information content (AvgIpc) is 2.41. The van der Waals surface area contributed by atoms with Gasteiger partial charge in [0.25, 0.3) is 0 Å². The van der Waals surface area contributed by atoms with E-state index in [1.807, 2.05) is 0 Å². The first-order valence-corrected chi connectivity index (χ1v) is 7.21. The highest BCUT2D eigenvalue weighted by Gasteiger charge is 2.37. The second-order valence-electron chi connectivity index (χ2n) is 5.83. The molecular formula is C15H12F6N2O2. The largest absolute Gasteiger partial charge is 0.487 e. The molecule has 4 nitrogen and oxygen atoms in total. The third-order valence-corrected chi connectivity index (χ3v) is 3.74. The number of aromatic nitrogens is 1. The molecule has 0 fully saturated rings. The Morgan fingerprint density at radius 2 is 1.88 bits per heavy atom. The molecule has 3 rings (SSSR count). The van der Waals surface area contributed by atoms with Crippen LogP contribution in [0.25, 0.3) is 10.9 Å². The van der Waals surface area contributed by atoms with Gasteiger partial charge in [0.1, 0.15) is 18.4 Å². The normalized spacial score (nSPS) is 18.2. The molecule has 0 bridgehead atoms. The van der Waals surface area contributed by atoms with Crippen LogP contribution in [0.2, 0.25) is 0 Å². The molecule has 10 heteroatoms. The van der Waals surface area contributed by atoms with Crippen LogP contribution in [0.3, 0.4) is 0 Å². The number of anilines is 1. The third kappa shape index (κ3) is 3.52. The number of benzene rings is 1. The lowest BCUT2D eigenvalue weighted by atomic mass is 10.1. The fourth-order valence-electron chi connectivity index (χ4n) is 2.88. The minimum absolute atomic E-state index is 0.00882. The summed E-state index contributed by atoms with van der Waals surface area (Å²) in [5, 5.41) is -0.392. The van der Waals surface area contributed by atoms with E-state index in [0.717, 1.165) is 17.0 Å². The minimum Gasteiger partial charge on any atom is -0.487 e. The Kier molecular flexibility index (Phi) is 3.88. The van der Waals surface area contributed by atoms with E-state index in [2.05, 4.69) is 4.98 Å². The maximum absolute atomic E-state index is 13.2. The number of halogens is 6. The molecule has 1 aliphatic heterocycles. The van der Waals surface area contributed by atoms with Gasteiger partial charge >= 0.3 is 12.4 Å². The van der Waals surface area contributed by atoms with Crippen molar-refractivity contribution in [1.82, 2.24) is 4.98 Å². The van der Waals surface area contributed by atoms with E-state index in [0.29, 0.717) is 6.07 Å². The van der Waals surface area contributed by atoms with Crippen LogP contribution in [0, 0.1) is 0 Å². The summed E-state index contributed by atoms with van der Waals surface area (Å²) in [6.45, 7) is 0.109. The molecule has 0 saturated heterocycles. The quantitative estimate of drug-likeness (QED) is 0.783. The number of ether oxygens (including phenoxy) is 1. The van der Waals surface area contributed by atoms with Crippen LogP contribution in [-0.4, -0.2) is 30.4 Å². The minimum atomic E-state index is -4.82. The van der Waals surface area contributed by atoms with Gasteiger partial charge in [-0.15, -0.1) is 0 Å². The summed E-state index contributed by atoms with van der Waals surface area (Å²) in [4.78, 5) is 14.7. The molecule has 2 aromatic rings. The predicted molar refractivity (Wildman–Crippen MR) is 77.9 cm³/mol. The Morgan fingerprint density at radius 1 is 1.20 bits per heavy atom. The van der Waals surface area contributed by atoms with Crippen molar-refractivity contribution in [2.45, 2.75) is 25.4 Å². The Labute approximate surface area is 137 Å². The van der Waals surface area contributed by atoms with Gasteiger partial charge in [0.2, 0.25) is 5.56 Å². The van der Waals surface area contributed by atoms with E-state index in [1.54, 1.807) is 6.92 Å². The predicted octanol–water partition coefficient (Wildman–Crippen LogP) is 3.70. The van der Waals surface area contributed by atoms with Crippen LogP contribution in [0.1, 0.15) is 12.5 Å². The van der Waals surface area contributed by atoms with E-state index in [4.69, 9.17) is 4.74 Å². The zero-order valence-electron chi connectivity index (χ0n) is 12.8. The Morgan fingerprint density at radius 3 is 2.48 bits per heavy atom. The Hall–Kier alpha value is -2.39. The van der Waals surface area contributed by atoms with Crippen LogP contribution < -0.4 is 15.2 Å². The van der Waals surface area contributed by atoms with Gasteiger partial charge < -0.3 is 14.6 Å². The van der Waals surface area contributed by atoms with Crippen LogP contribution >= 0.6 is 0 Å². The van der Waals surface area contributed by atoms with Gasteiger partial charge in [0.05, 0.1) is 23.3 Å². The first kappa shape index (κ1) is 17.4. The first-order chi connectivity index (χ1) is 11.4. The summed E-state index contributed by atoms with van der Waals surface area (Å²) in [6.07, 6.45) is -9.94. The van der Waals surface area contributed by atoms with Crippen LogP contribution in [-0.2, 0) is 6.18 Å². The molecule has 0 saturated carbocycles. The van der Waals surface area contributed by atoms with E-state index < -0.39 is 41.5 Å². The number of rotatable bonds is 1. The summed E-state index contributed by atoms with van der Waals surface area (Å²) in [5.41, 5.74) is -2.42. The molecule has 0 amide bonds. The highest BCUT2D eigenvalue weighted by molar-refractivity contribution is 5.89. The molecule has 1 unspecified atom stereocenters. The molecule has 0 spiro atoms. The van der Waals surface area contributed by atoms with Gasteiger partial charge in [-0.2, -0.15) is 26.3 Å². The lowest BCUT2D eigenvalue weighted by Gasteiger charge is -2.35. The van der Waals surface area contributed by atoms with Crippen molar-refractivity contribution in [1.29, 1.82) is 0 Å². The fourth-order valence-corrected chi connectivity index (χ4v) is 2.88. The number of hydrogen-bond donors (Lipinski definition) is 1. The number of hydrogen-bond acceptors (Lipinski definition) is 3. The molecule has 0 aliphatic carbocycles. The maximum atomic E-state index is 13.2. The smallest absolute Gasteiger partial charge is 0.417 e. The van der Waals surface area contributed by atoms with E-state index in [-0.39, 0.29) is 23.5 Å². The number of nitrogens with zero attached hydrogens (tertiary/aromatic N) is 1. The highest BCUT2D eigenvalue weighted by Crippen LogP contribution is 2.41. The van der Waals surface area contributed by atoms with Crippen molar-refractivity contribution < 1.29 is 31.1 Å². The third-order valence-electron chi connectivity index (χ3n) is 3.74. The summed E-state index contributed by atoms with van der Waals surface area (Å²) < 4.78 is 83.3. The van der Waals surface area contributed by atoms with Crippen molar-refractivity contribution in [3.05, 3.63) is 34.1 Å². The van der Waals surface area contributed by atoms with Crippen LogP contribution in [0.4, 0.5) is 32.0 Å². The average molecular weight is 366 g/mol. The first-order valence-electron chi connectivity index (χ1n) is 7.21. The van der Waals surface area contributed by atoms with E-state index >= 15 is 0 Å². The molecule has 25 heavy (non-hydrogen) atoms. The fraction of sp³-hybridized carbons (Fsp3) is 0.400. The number of nitrogens with one attached hydrogen (secondary N) is 1. The Balaban J connectivity index is 2.23. The summed E-state index contributed by atoms with van der Waals surface area (Å²) in [6, 6.07) is 2.48. The van der Waals surface area contributed by atoms with Crippen molar-refractivity contribution in [2.24, 2.45) is 0 Å². The summed E-state index contributed by atoms with van der Waals surface area (Å²) in [5.74, 6) is -0.00882. The molecule has 1 aromatic carbocycles. The molecular weight excluding hydrogens is 354 g/mol. The molecule has 1 aromatic heterocycles. The van der Waals surface area contributed by atoms with E-state index in [1.165, 1.54) is 0 Å². The van der Waals surface area contributed by atoms with Gasteiger partial charge in [-0.3, -0.25) is 4.79 Å². The SMILES string of the molecule is CC1CN(CC(F)(F)F)c2cc3c(C(F)(F)F)cc(=O)[nH]c3cc2O1. The molecule has 136 valence electrons. The van der Waals surface area contributed by atoms with E-state index in [9.17, 15) is 31.1 Å². The molecule has 2 heterocycles. The van der Waals surface area contributed by atoms with Crippen molar-refractivity contribution in [3.63, 3.8) is 0 Å². The lowest BCUT2D eigenvalue weighted by Crippen LogP contribution is -2.43. The zero-order chi connectivity index (χ0) is 18.6. The van der Waals surface area contributed by atoms with Crippen molar-refractivity contribution in [2.75, 3.05) is 18.0 Å². The second kappa shape index (κ2) is 5.57. The molecule has 0 radical (unpaired) electrons. The zero-order valence-corrected chi connectivity index (χ0v) is 12.8. The van der Waals surface area contributed by atoms with Crippen molar-refractivity contribution >= 4 is 16.6 Å². The van der Waals surface area contributed by atoms with Gasteiger partial charge in [-0.05, 0) is 13.0 Å². The highest BCUT2D eigenvalue weighted by atomic mass is 19.4. The molecule has 1 atom stereocenters. The maximum Gasteiger partial charge on any atom is 0.417 e. The Bertz CT molecular complexity index is 871. The molecule has 1 aliphatic rings. The van der Waals surface area contributed by atoms with Gasteiger partial charge in [-0.25, -0.2) is 0 Å². The van der Waals surface area contributed by atoms with Gasteiger partial charge in [0, 0.05) is 17.5 Å². The topological polar surface area (TPSA) is 45.3 Å². The molecule has 1 N–H and O–H groups in total. The number of alkyl halides is 6. The number of pyridine rings is 1. The lowest BCUT2D eigenvalue weighted by molar-refractivity contribution is -0.136. The monoisotopic (exact) mass is 366 g/mol. The number of fused-ring (bicyclic) bond motifs is 2. The van der Waals surface area contributed by atoms with Crippen molar-refractivity contribution in [3.8, 4) is 5.75 Å². The van der Waals surface area contributed by atoms with Crippen LogP contribution in [0.15, 0.2) is 23.0 Å². The summed E-state index contributed by atoms with van der Waals surface area (Å²) in [7, 11) is 0. The van der Waals surface area contributed by atoms with Gasteiger partial charge in [0.15, 0.2) is 0 Å². The standard InChI is InChI=1S/C15H12F6N2O2/c1-7-5-23(6-14(16,17)18)11-2-8-9(15(19,20)21)3-13(24)22-10(8)4-12(11)25-7/h2-4,7H,5-6H2,1H3,(H,22,24). The second-order valence-corrected chi connectivity index (χ2v) is 5.83. The van der Waals surface area contributed by atoms with Gasteiger partial charge in [-0.1, -0.05) is 0 Å². The van der Waals surface area contributed by atoms with Crippen LogP contribution in [0.5, 0.6) is 5.75 Å². The number of H-pyrrole nitrogens is 1. The number of aromatic amines is 1.